The number of carbonyl (C=O) groups is 3. The van der Waals surface area contributed by atoms with Gasteiger partial charge < -0.3 is 20.3 Å². The summed E-state index contributed by atoms with van der Waals surface area (Å²) >= 11 is 4.41. The summed E-state index contributed by atoms with van der Waals surface area (Å²) < 4.78 is 5.43. The van der Waals surface area contributed by atoms with Crippen LogP contribution in [0.2, 0.25) is 0 Å². The Balaban J connectivity index is 2.52. The van der Waals surface area contributed by atoms with Gasteiger partial charge in [-0.15, -0.1) is 0 Å². The lowest BCUT2D eigenvalue weighted by atomic mass is 9.93. The molecule has 7 nitrogen and oxygen atoms in total. The quantitative estimate of drug-likeness (QED) is 0.278. The predicted molar refractivity (Wildman–Crippen MR) is 161 cm³/mol. The summed E-state index contributed by atoms with van der Waals surface area (Å²) in [6.45, 7) is 15.7. The van der Waals surface area contributed by atoms with Crippen LogP contribution >= 0.6 is 12.6 Å². The monoisotopic (exact) mass is 561 g/mol. The number of nitrogens with one attached hydrogen (secondary N) is 2. The molecule has 1 aromatic carbocycles. The SMILES string of the molecule is Cc1ccc(C(C(=O)NC2CCCCC2)N(C(=O)C(CS)NC(=O)OC(C)(C)C)C(C)CCC(C)C)cc1C. The smallest absolute Gasteiger partial charge is 0.408 e. The summed E-state index contributed by atoms with van der Waals surface area (Å²) in [4.78, 5) is 42.7. The van der Waals surface area contributed by atoms with Gasteiger partial charge in [0.2, 0.25) is 11.8 Å². The molecule has 0 radical (unpaired) electrons. The first-order chi connectivity index (χ1) is 18.2. The number of thiol groups is 1. The van der Waals surface area contributed by atoms with E-state index < -0.39 is 23.8 Å². The number of hydrogen-bond donors (Lipinski definition) is 3. The van der Waals surface area contributed by atoms with Crippen LogP contribution in [0.25, 0.3) is 0 Å². The van der Waals surface area contributed by atoms with Gasteiger partial charge in [0.05, 0.1) is 0 Å². The Morgan fingerprint density at radius 1 is 1.03 bits per heavy atom. The van der Waals surface area contributed by atoms with Gasteiger partial charge in [-0.1, -0.05) is 51.3 Å². The first-order valence-electron chi connectivity index (χ1n) is 14.5. The minimum atomic E-state index is -0.943. The van der Waals surface area contributed by atoms with Crippen LogP contribution in [0.3, 0.4) is 0 Å². The Morgan fingerprint density at radius 3 is 2.21 bits per heavy atom. The highest BCUT2D eigenvalue weighted by Gasteiger charge is 2.39. The average Bonchev–Trinajstić information content (AvgIpc) is 2.85. The summed E-state index contributed by atoms with van der Waals surface area (Å²) in [6, 6.07) is 4.04. The minimum Gasteiger partial charge on any atom is -0.444 e. The van der Waals surface area contributed by atoms with Gasteiger partial charge in [-0.2, -0.15) is 12.6 Å². The topological polar surface area (TPSA) is 87.7 Å². The van der Waals surface area contributed by atoms with Crippen molar-refractivity contribution in [3.05, 3.63) is 34.9 Å². The summed E-state index contributed by atoms with van der Waals surface area (Å²) in [6.07, 6.45) is 6.21. The largest absolute Gasteiger partial charge is 0.444 e. The molecule has 0 heterocycles. The molecule has 0 aliphatic heterocycles. The lowest BCUT2D eigenvalue weighted by Gasteiger charge is -2.39. The first kappa shape index (κ1) is 33.0. The van der Waals surface area contributed by atoms with E-state index in [1.807, 2.05) is 39.0 Å². The van der Waals surface area contributed by atoms with Gasteiger partial charge >= 0.3 is 6.09 Å². The zero-order valence-corrected chi connectivity index (χ0v) is 26.2. The molecule has 3 unspecified atom stereocenters. The fourth-order valence-corrected chi connectivity index (χ4v) is 5.28. The fourth-order valence-electron chi connectivity index (χ4n) is 5.03. The minimum absolute atomic E-state index is 0.0787. The molecular formula is C31H51N3O4S. The van der Waals surface area contributed by atoms with E-state index in [1.54, 1.807) is 25.7 Å². The van der Waals surface area contributed by atoms with Gasteiger partial charge in [-0.3, -0.25) is 9.59 Å². The molecule has 3 atom stereocenters. The van der Waals surface area contributed by atoms with Crippen LogP contribution in [-0.2, 0) is 14.3 Å². The number of amides is 3. The number of ether oxygens (including phenoxy) is 1. The number of nitrogens with zero attached hydrogens (tertiary/aromatic N) is 1. The maximum atomic E-state index is 14.3. The predicted octanol–water partition coefficient (Wildman–Crippen LogP) is 6.27. The molecule has 0 spiro atoms. The van der Waals surface area contributed by atoms with Crippen molar-refractivity contribution in [1.82, 2.24) is 15.5 Å². The van der Waals surface area contributed by atoms with Crippen molar-refractivity contribution in [2.75, 3.05) is 5.75 Å². The van der Waals surface area contributed by atoms with Crippen molar-refractivity contribution in [1.29, 1.82) is 0 Å². The molecule has 1 aromatic rings. The van der Waals surface area contributed by atoms with E-state index >= 15 is 0 Å². The van der Waals surface area contributed by atoms with Crippen molar-refractivity contribution >= 4 is 30.5 Å². The molecular weight excluding hydrogens is 510 g/mol. The maximum Gasteiger partial charge on any atom is 0.408 e. The maximum absolute atomic E-state index is 14.3. The Bertz CT molecular complexity index is 969. The number of rotatable bonds is 11. The molecule has 0 aromatic heterocycles. The molecule has 220 valence electrons. The van der Waals surface area contributed by atoms with Crippen molar-refractivity contribution in [2.45, 2.75) is 130 Å². The first-order valence-corrected chi connectivity index (χ1v) is 15.2. The van der Waals surface area contributed by atoms with E-state index in [4.69, 9.17) is 4.74 Å². The van der Waals surface area contributed by atoms with E-state index in [2.05, 4.69) is 37.1 Å². The summed E-state index contributed by atoms with van der Waals surface area (Å²) in [5.41, 5.74) is 2.24. The molecule has 1 saturated carbocycles. The number of aryl methyl sites for hydroxylation is 2. The number of alkyl carbamates (subject to hydrolysis) is 1. The second-order valence-corrected chi connectivity index (χ2v) is 12.9. The zero-order valence-electron chi connectivity index (χ0n) is 25.3. The highest BCUT2D eigenvalue weighted by atomic mass is 32.1. The third kappa shape index (κ3) is 10.4. The van der Waals surface area contributed by atoms with E-state index in [0.29, 0.717) is 5.92 Å². The summed E-state index contributed by atoms with van der Waals surface area (Å²) in [7, 11) is 0. The molecule has 1 aliphatic carbocycles. The second-order valence-electron chi connectivity index (χ2n) is 12.5. The standard InChI is InChI=1S/C31H51N3O4S/c1-20(2)14-16-23(5)34(29(36)26(19-39)33-30(37)38-31(6,7)8)27(24-17-15-21(3)22(4)18-24)28(35)32-25-12-10-9-11-13-25/h15,17-18,20,23,25-27,39H,9-14,16,19H2,1-8H3,(H,32,35)(H,33,37). The fraction of sp³-hybridized carbons (Fsp3) is 0.710. The molecule has 2 rings (SSSR count). The number of benzene rings is 1. The molecule has 1 fully saturated rings. The van der Waals surface area contributed by atoms with Gasteiger partial charge in [0, 0.05) is 17.8 Å². The van der Waals surface area contributed by atoms with Crippen LogP contribution in [-0.4, -0.2) is 52.3 Å². The third-order valence-corrected chi connectivity index (χ3v) is 7.75. The second kappa shape index (κ2) is 15.0. The van der Waals surface area contributed by atoms with Crippen LogP contribution in [0.1, 0.15) is 109 Å². The highest BCUT2D eigenvalue weighted by Crippen LogP contribution is 2.30. The van der Waals surface area contributed by atoms with Gasteiger partial charge in [0.15, 0.2) is 0 Å². The van der Waals surface area contributed by atoms with Crippen LogP contribution < -0.4 is 10.6 Å². The van der Waals surface area contributed by atoms with Crippen molar-refractivity contribution in [3.63, 3.8) is 0 Å². The van der Waals surface area contributed by atoms with E-state index in [0.717, 1.165) is 55.2 Å². The number of hydrogen-bond acceptors (Lipinski definition) is 5. The van der Waals surface area contributed by atoms with Crippen LogP contribution in [0, 0.1) is 19.8 Å². The lowest BCUT2D eigenvalue weighted by Crippen LogP contribution is -2.57. The lowest BCUT2D eigenvalue weighted by molar-refractivity contribution is -0.145. The van der Waals surface area contributed by atoms with Gasteiger partial charge in [-0.25, -0.2) is 4.79 Å². The Hall–Kier alpha value is -2.22. The molecule has 39 heavy (non-hydrogen) atoms. The third-order valence-electron chi connectivity index (χ3n) is 7.39. The van der Waals surface area contributed by atoms with Crippen molar-refractivity contribution in [2.24, 2.45) is 5.92 Å². The molecule has 1 aliphatic rings. The zero-order chi connectivity index (χ0) is 29.3. The van der Waals surface area contributed by atoms with Gasteiger partial charge in [0.1, 0.15) is 17.7 Å². The van der Waals surface area contributed by atoms with Crippen LogP contribution in [0.4, 0.5) is 4.79 Å². The average molecular weight is 562 g/mol. The van der Waals surface area contributed by atoms with E-state index in [-0.39, 0.29) is 29.7 Å². The molecule has 0 bridgehead atoms. The molecule has 8 heteroatoms. The Morgan fingerprint density at radius 2 is 1.67 bits per heavy atom. The summed E-state index contributed by atoms with van der Waals surface area (Å²) in [5.74, 6) is 0.00959. The summed E-state index contributed by atoms with van der Waals surface area (Å²) in [5, 5.41) is 5.98. The van der Waals surface area contributed by atoms with E-state index in [9.17, 15) is 14.4 Å². The molecule has 3 amide bonds. The Kier molecular flexibility index (Phi) is 12.7. The van der Waals surface area contributed by atoms with E-state index in [1.165, 1.54) is 6.42 Å². The normalized spacial score (nSPS) is 16.8. The molecule has 2 N–H and O–H groups in total. The van der Waals surface area contributed by atoms with Gasteiger partial charge in [-0.05, 0) is 89.8 Å². The number of carbonyl (C=O) groups excluding carboxylic acids is 3. The van der Waals surface area contributed by atoms with Gasteiger partial charge in [0.25, 0.3) is 0 Å². The molecule has 0 saturated heterocycles. The van der Waals surface area contributed by atoms with Crippen LogP contribution in [0.5, 0.6) is 0 Å². The van der Waals surface area contributed by atoms with Crippen molar-refractivity contribution in [3.8, 4) is 0 Å². The van der Waals surface area contributed by atoms with Crippen molar-refractivity contribution < 1.29 is 19.1 Å². The highest BCUT2D eigenvalue weighted by molar-refractivity contribution is 7.80. The Labute approximate surface area is 241 Å². The van der Waals surface area contributed by atoms with Crippen LogP contribution in [0.15, 0.2) is 18.2 Å².